The Morgan fingerprint density at radius 3 is 2.46 bits per heavy atom. The number of hydrogen-bond donors (Lipinski definition) is 1. The first-order valence-corrected chi connectivity index (χ1v) is 9.44. The van der Waals surface area contributed by atoms with Gasteiger partial charge in [-0.1, -0.05) is 41.4 Å². The number of benzene rings is 2. The van der Waals surface area contributed by atoms with E-state index in [2.05, 4.69) is 4.72 Å². The van der Waals surface area contributed by atoms with E-state index in [1.54, 1.807) is 31.2 Å². The summed E-state index contributed by atoms with van der Waals surface area (Å²) >= 11 is 12.0. The second kappa shape index (κ2) is 7.88. The van der Waals surface area contributed by atoms with Crippen molar-refractivity contribution in [1.82, 2.24) is 0 Å². The van der Waals surface area contributed by atoms with Crippen molar-refractivity contribution < 1.29 is 17.9 Å². The number of ether oxygens (including phenoxy) is 1. The third-order valence-corrected chi connectivity index (χ3v) is 4.96. The van der Waals surface area contributed by atoms with E-state index >= 15 is 0 Å². The second-order valence-electron chi connectivity index (χ2n) is 4.87. The Balaban J connectivity index is 2.17. The first kappa shape index (κ1) is 18.6. The molecule has 0 spiro atoms. The number of hydrogen-bond acceptors (Lipinski definition) is 4. The van der Waals surface area contributed by atoms with Crippen LogP contribution in [0.2, 0.25) is 10.0 Å². The minimum atomic E-state index is -3.68. The van der Waals surface area contributed by atoms with E-state index in [4.69, 9.17) is 27.9 Å². The van der Waals surface area contributed by atoms with Gasteiger partial charge in [-0.15, -0.1) is 0 Å². The lowest BCUT2D eigenvalue weighted by atomic mass is 10.2. The molecule has 8 heteroatoms. The standard InChI is InChI=1S/C16H15Cl2NO4S/c1-2-23-16(20)13-8-7-12(9-15(13)18)19-24(21,22)10-11-5-3-4-6-14(11)17/h3-9,19H,2,10H2,1H3. The van der Waals surface area contributed by atoms with E-state index in [0.717, 1.165) is 0 Å². The molecule has 0 atom stereocenters. The highest BCUT2D eigenvalue weighted by Crippen LogP contribution is 2.24. The smallest absolute Gasteiger partial charge is 0.339 e. The summed E-state index contributed by atoms with van der Waals surface area (Å²) in [5.41, 5.74) is 0.911. The predicted molar refractivity (Wildman–Crippen MR) is 95.1 cm³/mol. The summed E-state index contributed by atoms with van der Waals surface area (Å²) in [6.07, 6.45) is 0. The largest absolute Gasteiger partial charge is 0.462 e. The molecule has 0 saturated heterocycles. The molecule has 0 aliphatic heterocycles. The molecule has 0 aliphatic carbocycles. The zero-order chi connectivity index (χ0) is 17.7. The van der Waals surface area contributed by atoms with Crippen LogP contribution in [0.15, 0.2) is 42.5 Å². The fourth-order valence-corrected chi connectivity index (χ4v) is 3.75. The van der Waals surface area contributed by atoms with Crippen LogP contribution in [0.1, 0.15) is 22.8 Å². The summed E-state index contributed by atoms with van der Waals surface area (Å²) in [5.74, 6) is -0.836. The number of halogens is 2. The number of sulfonamides is 1. The Morgan fingerprint density at radius 2 is 1.83 bits per heavy atom. The van der Waals surface area contributed by atoms with Gasteiger partial charge in [0.25, 0.3) is 0 Å². The SMILES string of the molecule is CCOC(=O)c1ccc(NS(=O)(=O)Cc2ccccc2Cl)cc1Cl. The maximum absolute atomic E-state index is 12.2. The van der Waals surface area contributed by atoms with Crippen LogP contribution in [-0.2, 0) is 20.5 Å². The molecule has 24 heavy (non-hydrogen) atoms. The Kier molecular flexibility index (Phi) is 6.10. The van der Waals surface area contributed by atoms with Crippen LogP contribution < -0.4 is 4.72 Å². The highest BCUT2D eigenvalue weighted by Gasteiger charge is 2.16. The number of esters is 1. The molecular formula is C16H15Cl2NO4S. The summed E-state index contributed by atoms with van der Waals surface area (Å²) in [6.45, 7) is 1.91. The van der Waals surface area contributed by atoms with Gasteiger partial charge in [0.2, 0.25) is 10.0 Å². The topological polar surface area (TPSA) is 72.5 Å². The average Bonchev–Trinajstić information content (AvgIpc) is 2.49. The van der Waals surface area contributed by atoms with Crippen molar-refractivity contribution in [2.24, 2.45) is 0 Å². The molecule has 0 fully saturated rings. The van der Waals surface area contributed by atoms with E-state index < -0.39 is 16.0 Å². The van der Waals surface area contributed by atoms with Gasteiger partial charge in [-0.2, -0.15) is 0 Å². The number of carbonyl (C=O) groups is 1. The van der Waals surface area contributed by atoms with Crippen molar-refractivity contribution in [2.45, 2.75) is 12.7 Å². The van der Waals surface area contributed by atoms with Gasteiger partial charge in [-0.25, -0.2) is 13.2 Å². The molecule has 0 aromatic heterocycles. The minimum absolute atomic E-state index is 0.103. The molecule has 0 radical (unpaired) electrons. The van der Waals surface area contributed by atoms with Gasteiger partial charge in [-0.05, 0) is 36.8 Å². The number of anilines is 1. The monoisotopic (exact) mass is 387 g/mol. The van der Waals surface area contributed by atoms with Gasteiger partial charge in [-0.3, -0.25) is 4.72 Å². The molecule has 1 N–H and O–H groups in total. The van der Waals surface area contributed by atoms with Crippen LogP contribution >= 0.6 is 23.2 Å². The second-order valence-corrected chi connectivity index (χ2v) is 7.40. The number of nitrogens with one attached hydrogen (secondary N) is 1. The van der Waals surface area contributed by atoms with Gasteiger partial charge in [0, 0.05) is 5.02 Å². The molecule has 2 aromatic carbocycles. The van der Waals surface area contributed by atoms with Crippen LogP contribution in [0.4, 0.5) is 5.69 Å². The van der Waals surface area contributed by atoms with Crippen LogP contribution in [0.25, 0.3) is 0 Å². The first-order valence-electron chi connectivity index (χ1n) is 7.03. The average molecular weight is 388 g/mol. The lowest BCUT2D eigenvalue weighted by molar-refractivity contribution is 0.0526. The molecule has 0 amide bonds. The van der Waals surface area contributed by atoms with E-state index in [1.807, 2.05) is 0 Å². The van der Waals surface area contributed by atoms with Crippen LogP contribution in [-0.4, -0.2) is 21.0 Å². The molecule has 0 aliphatic rings. The summed E-state index contributed by atoms with van der Waals surface area (Å²) < 4.78 is 31.8. The molecule has 5 nitrogen and oxygen atoms in total. The van der Waals surface area contributed by atoms with Crippen LogP contribution in [0.3, 0.4) is 0 Å². The van der Waals surface area contributed by atoms with Crippen molar-refractivity contribution in [3.8, 4) is 0 Å². The van der Waals surface area contributed by atoms with Crippen molar-refractivity contribution >= 4 is 44.9 Å². The normalized spacial score (nSPS) is 11.1. The molecule has 2 aromatic rings. The maximum Gasteiger partial charge on any atom is 0.339 e. The van der Waals surface area contributed by atoms with Crippen LogP contribution in [0, 0.1) is 0 Å². The van der Waals surface area contributed by atoms with Gasteiger partial charge in [0.1, 0.15) is 0 Å². The molecule has 0 bridgehead atoms. The Labute approximate surface area is 150 Å². The molecule has 0 saturated carbocycles. The predicted octanol–water partition coefficient (Wildman–Crippen LogP) is 4.11. The zero-order valence-corrected chi connectivity index (χ0v) is 15.1. The fraction of sp³-hybridized carbons (Fsp3) is 0.188. The lowest BCUT2D eigenvalue weighted by Crippen LogP contribution is -2.15. The highest BCUT2D eigenvalue weighted by molar-refractivity contribution is 7.91. The summed E-state index contributed by atoms with van der Waals surface area (Å²) in [4.78, 5) is 11.7. The lowest BCUT2D eigenvalue weighted by Gasteiger charge is -2.11. The van der Waals surface area contributed by atoms with Gasteiger partial charge in [0.15, 0.2) is 0 Å². The summed E-state index contributed by atoms with van der Waals surface area (Å²) in [7, 11) is -3.68. The third kappa shape index (κ3) is 4.87. The molecule has 128 valence electrons. The quantitative estimate of drug-likeness (QED) is 0.756. The molecular weight excluding hydrogens is 373 g/mol. The Morgan fingerprint density at radius 1 is 1.12 bits per heavy atom. The van der Waals surface area contributed by atoms with E-state index in [0.29, 0.717) is 10.6 Å². The van der Waals surface area contributed by atoms with E-state index in [9.17, 15) is 13.2 Å². The summed E-state index contributed by atoms with van der Waals surface area (Å²) in [6, 6.07) is 10.9. The first-order chi connectivity index (χ1) is 11.3. The van der Waals surface area contributed by atoms with Gasteiger partial charge < -0.3 is 4.74 Å². The van der Waals surface area contributed by atoms with E-state index in [1.165, 1.54) is 18.2 Å². The number of carbonyl (C=O) groups excluding carboxylic acids is 1. The van der Waals surface area contributed by atoms with Crippen molar-refractivity contribution in [2.75, 3.05) is 11.3 Å². The van der Waals surface area contributed by atoms with Crippen molar-refractivity contribution in [3.05, 3.63) is 63.6 Å². The van der Waals surface area contributed by atoms with Gasteiger partial charge >= 0.3 is 5.97 Å². The number of rotatable bonds is 6. The van der Waals surface area contributed by atoms with E-state index in [-0.39, 0.29) is 28.6 Å². The molecule has 0 heterocycles. The van der Waals surface area contributed by atoms with Crippen LogP contribution in [0.5, 0.6) is 0 Å². The third-order valence-electron chi connectivity index (χ3n) is 3.04. The Hall–Kier alpha value is -1.76. The molecule has 2 rings (SSSR count). The highest BCUT2D eigenvalue weighted by atomic mass is 35.5. The van der Waals surface area contributed by atoms with Crippen molar-refractivity contribution in [1.29, 1.82) is 0 Å². The summed E-state index contributed by atoms with van der Waals surface area (Å²) in [5, 5.41) is 0.477. The minimum Gasteiger partial charge on any atom is -0.462 e. The Bertz CT molecular complexity index is 853. The fourth-order valence-electron chi connectivity index (χ4n) is 1.99. The molecule has 0 unspecified atom stereocenters. The maximum atomic E-state index is 12.2. The van der Waals surface area contributed by atoms with Crippen molar-refractivity contribution in [3.63, 3.8) is 0 Å². The zero-order valence-electron chi connectivity index (χ0n) is 12.8. The van der Waals surface area contributed by atoms with Gasteiger partial charge in [0.05, 0.1) is 28.6 Å².